The molecular weight excluding hydrogens is 1390 g/mol. The van der Waals surface area contributed by atoms with Gasteiger partial charge in [-0.3, -0.25) is 0 Å². The Hall–Kier alpha value is 0.594. The zero-order valence-corrected chi connectivity index (χ0v) is 81.5. The predicted molar refractivity (Wildman–Crippen MR) is 512 cm³/mol. The minimum atomic E-state index is -2.07. The molecule has 0 bridgehead atoms. The molecule has 0 aromatic carbocycles. The van der Waals surface area contributed by atoms with Gasteiger partial charge < -0.3 is 0 Å². The van der Waals surface area contributed by atoms with Crippen LogP contribution in [-0.2, 0) is 18.6 Å². The Morgan fingerprint density at radius 3 is 0.223 bits per heavy atom. The van der Waals surface area contributed by atoms with Crippen LogP contribution < -0.4 is 0 Å². The molecule has 0 saturated heterocycles. The Bertz CT molecular complexity index is 1300. The van der Waals surface area contributed by atoms with Gasteiger partial charge in [0, 0.05) is 0 Å². The van der Waals surface area contributed by atoms with Crippen molar-refractivity contribution >= 4 is 0 Å². The molecule has 112 heavy (non-hydrogen) atoms. The van der Waals surface area contributed by atoms with Gasteiger partial charge in [0.05, 0.1) is 0 Å². The Labute approximate surface area is 721 Å². The summed E-state index contributed by atoms with van der Waals surface area (Å²) in [5, 5.41) is 0. The standard InChI is InChI=1S/3C36H74N.Ti/c3*1-3-5-7-9-11-13-15-17-19-21-23-25-27-29-31-33-35-37-36-34-32-30-28-26-24-22-20-18-16-14-12-10-8-6-4-2;/h3*3-36H2,1-2H3;/q3*-1;+4. The van der Waals surface area contributed by atoms with Crippen LogP contribution in [0.25, 0.3) is 0 Å². The number of hydrogen-bond donors (Lipinski definition) is 0. The zero-order chi connectivity index (χ0) is 80.4. The van der Waals surface area contributed by atoms with Gasteiger partial charge in [0.25, 0.3) is 0 Å². The van der Waals surface area contributed by atoms with Gasteiger partial charge in [-0.15, -0.1) is 0 Å². The fourth-order valence-corrected chi connectivity index (χ4v) is 23.9. The van der Waals surface area contributed by atoms with Crippen LogP contribution in [0.4, 0.5) is 0 Å². The first kappa shape index (κ1) is 113. The second kappa shape index (κ2) is 104. The summed E-state index contributed by atoms with van der Waals surface area (Å²) in [6, 6.07) is 0. The fraction of sp³-hybridized carbons (Fsp3) is 1.00. The van der Waals surface area contributed by atoms with E-state index in [9.17, 15) is 0 Å². The van der Waals surface area contributed by atoms with Crippen LogP contribution in [0, 0.1) is 0 Å². The normalized spacial score (nSPS) is 12.0. The quantitative estimate of drug-likeness (QED) is 0.0444. The third-order valence-corrected chi connectivity index (χ3v) is 31.3. The van der Waals surface area contributed by atoms with Crippen LogP contribution in [0.3, 0.4) is 0 Å². The van der Waals surface area contributed by atoms with Gasteiger partial charge in [-0.25, -0.2) is 0 Å². The first-order chi connectivity index (χ1) is 55.7. The van der Waals surface area contributed by atoms with Crippen molar-refractivity contribution in [3.63, 3.8) is 0 Å². The molecule has 0 aliphatic rings. The van der Waals surface area contributed by atoms with E-state index in [0.29, 0.717) is 0 Å². The Morgan fingerprint density at radius 1 is 0.0893 bits per heavy atom. The molecule has 0 spiro atoms. The summed E-state index contributed by atoms with van der Waals surface area (Å²) < 4.78 is 10.2. The molecule has 0 atom stereocenters. The summed E-state index contributed by atoms with van der Waals surface area (Å²) in [6.07, 6.45) is 141. The summed E-state index contributed by atoms with van der Waals surface area (Å²) in [6.45, 7) is 22.5. The molecule has 0 saturated carbocycles. The summed E-state index contributed by atoms with van der Waals surface area (Å²) in [5.41, 5.74) is 0. The molecular formula is C108H222N3Ti+. The molecule has 0 unspecified atom stereocenters. The summed E-state index contributed by atoms with van der Waals surface area (Å²) in [4.78, 5) is 0. The Balaban J connectivity index is 6.82. The average molecular weight is 1610 g/mol. The van der Waals surface area contributed by atoms with Crippen molar-refractivity contribution < 1.29 is 18.6 Å². The molecule has 0 aliphatic heterocycles. The molecule has 4 heteroatoms. The molecule has 0 amide bonds. The second-order valence-corrected chi connectivity index (χ2v) is 42.0. The first-order valence-corrected chi connectivity index (χ1v) is 56.9. The molecule has 3 nitrogen and oxygen atoms in total. The molecule has 0 heterocycles. The summed E-state index contributed by atoms with van der Waals surface area (Å²) in [7, 11) is 0. The Kier molecular flexibility index (Phi) is 104. The van der Waals surface area contributed by atoms with Crippen molar-refractivity contribution in [1.82, 2.24) is 10.1 Å². The van der Waals surface area contributed by atoms with Gasteiger partial charge in [0.15, 0.2) is 0 Å². The van der Waals surface area contributed by atoms with Crippen LogP contribution in [-0.4, -0.2) is 49.4 Å². The smallest absolute Gasteiger partial charge is 0.0654 e. The zero-order valence-electron chi connectivity index (χ0n) is 80.0. The van der Waals surface area contributed by atoms with E-state index in [-0.39, 0.29) is 0 Å². The average Bonchev–Trinajstić information content (AvgIpc) is 0.836. The van der Waals surface area contributed by atoms with Crippen LogP contribution in [0.15, 0.2) is 0 Å². The van der Waals surface area contributed by atoms with E-state index in [1.165, 1.54) is 656 Å². The van der Waals surface area contributed by atoms with E-state index in [2.05, 4.69) is 51.7 Å². The van der Waals surface area contributed by atoms with Crippen molar-refractivity contribution in [3.05, 3.63) is 0 Å². The molecule has 0 rings (SSSR count). The van der Waals surface area contributed by atoms with Crippen LogP contribution in [0.5, 0.6) is 0 Å². The molecule has 0 fully saturated rings. The maximum atomic E-state index is 3.39. The summed E-state index contributed by atoms with van der Waals surface area (Å²) in [5.74, 6) is 0. The SMILES string of the molecule is CCCCCCCCCCCCCCCCCC[N](CCCCCCCCCCCCCCCCCC)[Ti+]([N](CCCCCCCCCCCCCCCCCC)CCCCCCCCCCCCCCCCCC)[N](CCCCCCCCCCCCCCCCCC)CCCCCCCCCCCCCCCCCC. The van der Waals surface area contributed by atoms with E-state index in [0.717, 1.165) is 0 Å². The van der Waals surface area contributed by atoms with Crippen LogP contribution >= 0.6 is 0 Å². The van der Waals surface area contributed by atoms with E-state index >= 15 is 0 Å². The maximum absolute atomic E-state index is 3.39. The third kappa shape index (κ3) is 91.3. The van der Waals surface area contributed by atoms with Gasteiger partial charge >= 0.3 is 453 Å². The van der Waals surface area contributed by atoms with E-state index < -0.39 is 18.6 Å². The minimum absolute atomic E-state index is 1.37. The monoisotopic (exact) mass is 1610 g/mol. The molecule has 0 N–H and O–H groups in total. The third-order valence-electron chi connectivity index (χ3n) is 26.5. The van der Waals surface area contributed by atoms with Crippen molar-refractivity contribution in [3.8, 4) is 0 Å². The van der Waals surface area contributed by atoms with Gasteiger partial charge in [-0.2, -0.15) is 0 Å². The molecule has 0 radical (unpaired) electrons. The number of unbranched alkanes of at least 4 members (excludes halogenated alkanes) is 90. The van der Waals surface area contributed by atoms with Crippen LogP contribution in [0.2, 0.25) is 0 Å². The number of hydrogen-bond acceptors (Lipinski definition) is 3. The van der Waals surface area contributed by atoms with Crippen molar-refractivity contribution in [2.24, 2.45) is 0 Å². The first-order valence-electron chi connectivity index (χ1n) is 54.8. The second-order valence-electron chi connectivity index (χ2n) is 38.1. The number of rotatable bonds is 105. The topological polar surface area (TPSA) is 9.72 Å². The molecule has 672 valence electrons. The van der Waals surface area contributed by atoms with Crippen molar-refractivity contribution in [2.45, 2.75) is 658 Å². The van der Waals surface area contributed by atoms with Crippen molar-refractivity contribution in [2.75, 3.05) is 39.3 Å². The molecule has 0 aromatic rings. The molecule has 0 aliphatic carbocycles. The minimum Gasteiger partial charge on any atom is -0.0654 e. The fourth-order valence-electron chi connectivity index (χ4n) is 18.6. The van der Waals surface area contributed by atoms with Gasteiger partial charge in [-0.1, -0.05) is 273 Å². The Morgan fingerprint density at radius 2 is 0.152 bits per heavy atom. The summed E-state index contributed by atoms with van der Waals surface area (Å²) >= 11 is -2.07. The van der Waals surface area contributed by atoms with E-state index in [1.807, 2.05) is 0 Å². The predicted octanol–water partition coefficient (Wildman–Crippen LogP) is 39.8. The van der Waals surface area contributed by atoms with Gasteiger partial charge in [0.2, 0.25) is 0 Å². The van der Waals surface area contributed by atoms with Crippen molar-refractivity contribution in [1.29, 1.82) is 0 Å². The van der Waals surface area contributed by atoms with E-state index in [1.54, 1.807) is 0 Å². The van der Waals surface area contributed by atoms with Gasteiger partial charge in [0.1, 0.15) is 0 Å². The molecule has 0 aromatic heterocycles. The van der Waals surface area contributed by atoms with E-state index in [4.69, 9.17) is 0 Å². The number of nitrogens with zero attached hydrogens (tertiary/aromatic N) is 3. The van der Waals surface area contributed by atoms with Gasteiger partial charge in [-0.05, 0) is 0 Å². The van der Waals surface area contributed by atoms with Crippen LogP contribution in [0.1, 0.15) is 658 Å².